The number of nitrogens with one attached hydrogen (secondary N) is 2. The highest BCUT2D eigenvalue weighted by Crippen LogP contribution is 2.20. The van der Waals surface area contributed by atoms with E-state index in [0.717, 1.165) is 5.56 Å². The molecule has 0 bridgehead atoms. The molecular formula is C22H25N3O5. The maximum absolute atomic E-state index is 12.4. The molecule has 0 aromatic heterocycles. The summed E-state index contributed by atoms with van der Waals surface area (Å²) >= 11 is 0. The Labute approximate surface area is 175 Å². The topological polar surface area (TPSA) is 97.0 Å². The molecule has 0 saturated carbocycles. The highest BCUT2D eigenvalue weighted by Gasteiger charge is 2.34. The minimum atomic E-state index is -0.821. The Morgan fingerprint density at radius 3 is 2.40 bits per heavy atom. The zero-order valence-electron chi connectivity index (χ0n) is 17.0. The number of hydrogen-bond donors (Lipinski definition) is 2. The molecule has 3 rings (SSSR count). The van der Waals surface area contributed by atoms with Crippen molar-refractivity contribution in [2.24, 2.45) is 5.92 Å². The number of methoxy groups -OCH3 is 1. The summed E-state index contributed by atoms with van der Waals surface area (Å²) in [5.74, 6) is -0.309. The van der Waals surface area contributed by atoms with Crippen molar-refractivity contribution in [3.05, 3.63) is 60.2 Å². The molecule has 2 aromatic rings. The fourth-order valence-corrected chi connectivity index (χ4v) is 3.14. The number of likely N-dealkylation sites (tertiary alicyclic amines) is 1. The van der Waals surface area contributed by atoms with E-state index in [2.05, 4.69) is 10.9 Å². The molecule has 2 aromatic carbocycles. The van der Waals surface area contributed by atoms with Gasteiger partial charge in [0.15, 0.2) is 6.10 Å². The van der Waals surface area contributed by atoms with Gasteiger partial charge in [0.2, 0.25) is 11.8 Å². The van der Waals surface area contributed by atoms with Gasteiger partial charge >= 0.3 is 0 Å². The van der Waals surface area contributed by atoms with Crippen LogP contribution < -0.4 is 20.3 Å². The molecule has 1 aliphatic heterocycles. The number of hydrazine groups is 1. The second kappa shape index (κ2) is 9.78. The third-order valence-electron chi connectivity index (χ3n) is 4.85. The van der Waals surface area contributed by atoms with E-state index < -0.39 is 23.8 Å². The van der Waals surface area contributed by atoms with E-state index in [1.54, 1.807) is 43.2 Å². The predicted octanol–water partition coefficient (Wildman–Crippen LogP) is 1.66. The predicted molar refractivity (Wildman–Crippen MR) is 109 cm³/mol. The minimum Gasteiger partial charge on any atom is -0.497 e. The largest absolute Gasteiger partial charge is 0.497 e. The highest BCUT2D eigenvalue weighted by molar-refractivity contribution is 5.90. The molecule has 3 amide bonds. The number of carbonyl (C=O) groups is 3. The second-order valence-corrected chi connectivity index (χ2v) is 7.08. The standard InChI is InChI=1S/C22H25N3O5/c1-15(30-19-10-8-18(29-2)9-11-19)21(27)23-24-22(28)17-12-20(26)25(14-17)13-16-6-4-3-5-7-16/h3-11,15,17H,12-14H2,1-2H3,(H,23,27)(H,24,28). The molecule has 0 aliphatic carbocycles. The van der Waals surface area contributed by atoms with Gasteiger partial charge in [-0.3, -0.25) is 25.2 Å². The number of benzene rings is 2. The van der Waals surface area contributed by atoms with E-state index in [1.165, 1.54) is 0 Å². The molecule has 1 fully saturated rings. The van der Waals surface area contributed by atoms with Gasteiger partial charge in [-0.15, -0.1) is 0 Å². The van der Waals surface area contributed by atoms with Gasteiger partial charge in [0.1, 0.15) is 11.5 Å². The lowest BCUT2D eigenvalue weighted by atomic mass is 10.1. The van der Waals surface area contributed by atoms with Crippen LogP contribution in [0.2, 0.25) is 0 Å². The Kier molecular flexibility index (Phi) is 6.90. The summed E-state index contributed by atoms with van der Waals surface area (Å²) in [6, 6.07) is 16.4. The van der Waals surface area contributed by atoms with Crippen LogP contribution in [0, 0.1) is 5.92 Å². The Balaban J connectivity index is 1.45. The number of amides is 3. The van der Waals surface area contributed by atoms with Gasteiger partial charge in [0.25, 0.3) is 5.91 Å². The van der Waals surface area contributed by atoms with Crippen LogP contribution in [0.5, 0.6) is 11.5 Å². The summed E-state index contributed by atoms with van der Waals surface area (Å²) in [4.78, 5) is 38.5. The van der Waals surface area contributed by atoms with Crippen LogP contribution in [0.3, 0.4) is 0 Å². The van der Waals surface area contributed by atoms with Gasteiger partial charge in [-0.25, -0.2) is 0 Å². The lowest BCUT2D eigenvalue weighted by Gasteiger charge is -2.18. The molecule has 1 aliphatic rings. The Bertz CT molecular complexity index is 885. The highest BCUT2D eigenvalue weighted by atomic mass is 16.5. The summed E-state index contributed by atoms with van der Waals surface area (Å²) in [5.41, 5.74) is 5.76. The van der Waals surface area contributed by atoms with Gasteiger partial charge in [0.05, 0.1) is 13.0 Å². The minimum absolute atomic E-state index is 0.0819. The van der Waals surface area contributed by atoms with Crippen molar-refractivity contribution < 1.29 is 23.9 Å². The van der Waals surface area contributed by atoms with Crippen molar-refractivity contribution in [1.82, 2.24) is 15.8 Å². The summed E-state index contributed by atoms with van der Waals surface area (Å²) in [7, 11) is 1.56. The Hall–Kier alpha value is -3.55. The van der Waals surface area contributed by atoms with E-state index in [9.17, 15) is 14.4 Å². The van der Waals surface area contributed by atoms with Crippen LogP contribution in [0.4, 0.5) is 0 Å². The van der Waals surface area contributed by atoms with Crippen molar-refractivity contribution in [1.29, 1.82) is 0 Å². The molecule has 1 heterocycles. The van der Waals surface area contributed by atoms with E-state index in [4.69, 9.17) is 9.47 Å². The monoisotopic (exact) mass is 411 g/mol. The molecule has 2 unspecified atom stereocenters. The van der Waals surface area contributed by atoms with Crippen LogP contribution >= 0.6 is 0 Å². The van der Waals surface area contributed by atoms with E-state index in [0.29, 0.717) is 24.6 Å². The SMILES string of the molecule is COc1ccc(OC(C)C(=O)NNC(=O)C2CC(=O)N(Cc3ccccc3)C2)cc1. The van der Waals surface area contributed by atoms with E-state index in [-0.39, 0.29) is 12.3 Å². The van der Waals surface area contributed by atoms with Crippen LogP contribution in [-0.4, -0.2) is 42.4 Å². The zero-order chi connectivity index (χ0) is 21.5. The average Bonchev–Trinajstić information content (AvgIpc) is 3.13. The van der Waals surface area contributed by atoms with Crippen LogP contribution in [-0.2, 0) is 20.9 Å². The Morgan fingerprint density at radius 1 is 1.07 bits per heavy atom. The molecule has 1 saturated heterocycles. The summed E-state index contributed by atoms with van der Waals surface area (Å²) in [6.45, 7) is 2.35. The van der Waals surface area contributed by atoms with Crippen molar-refractivity contribution in [3.63, 3.8) is 0 Å². The number of carbonyl (C=O) groups excluding carboxylic acids is 3. The fourth-order valence-electron chi connectivity index (χ4n) is 3.14. The van der Waals surface area contributed by atoms with Crippen molar-refractivity contribution in [2.45, 2.75) is 26.0 Å². The van der Waals surface area contributed by atoms with Crippen LogP contribution in [0.1, 0.15) is 18.9 Å². The zero-order valence-corrected chi connectivity index (χ0v) is 17.0. The van der Waals surface area contributed by atoms with Crippen molar-refractivity contribution in [2.75, 3.05) is 13.7 Å². The first-order valence-corrected chi connectivity index (χ1v) is 9.68. The number of rotatable bonds is 7. The van der Waals surface area contributed by atoms with Crippen molar-refractivity contribution in [3.8, 4) is 11.5 Å². The number of ether oxygens (including phenoxy) is 2. The fraction of sp³-hybridized carbons (Fsp3) is 0.318. The molecule has 2 N–H and O–H groups in total. The smallest absolute Gasteiger partial charge is 0.279 e. The van der Waals surface area contributed by atoms with Gasteiger partial charge in [-0.1, -0.05) is 30.3 Å². The molecule has 0 radical (unpaired) electrons. The number of hydrogen-bond acceptors (Lipinski definition) is 5. The molecular weight excluding hydrogens is 386 g/mol. The molecule has 2 atom stereocenters. The van der Waals surface area contributed by atoms with Crippen LogP contribution in [0.15, 0.2) is 54.6 Å². The molecule has 158 valence electrons. The first-order valence-electron chi connectivity index (χ1n) is 9.68. The third-order valence-corrected chi connectivity index (χ3v) is 4.85. The lowest BCUT2D eigenvalue weighted by molar-refractivity contribution is -0.134. The van der Waals surface area contributed by atoms with Crippen molar-refractivity contribution >= 4 is 17.7 Å². The summed E-state index contributed by atoms with van der Waals surface area (Å²) in [5, 5.41) is 0. The maximum atomic E-state index is 12.4. The number of nitrogens with zero attached hydrogens (tertiary/aromatic N) is 1. The molecule has 0 spiro atoms. The lowest BCUT2D eigenvalue weighted by Crippen LogP contribution is -2.49. The molecule has 30 heavy (non-hydrogen) atoms. The quantitative estimate of drug-likeness (QED) is 0.676. The first-order chi connectivity index (χ1) is 14.5. The van der Waals surface area contributed by atoms with Gasteiger partial charge in [-0.05, 0) is 36.8 Å². The third kappa shape index (κ3) is 5.50. The Morgan fingerprint density at radius 2 is 1.73 bits per heavy atom. The van der Waals surface area contributed by atoms with E-state index >= 15 is 0 Å². The average molecular weight is 411 g/mol. The van der Waals surface area contributed by atoms with E-state index in [1.807, 2.05) is 30.3 Å². The van der Waals surface area contributed by atoms with Gasteiger partial charge < -0.3 is 14.4 Å². The van der Waals surface area contributed by atoms with Gasteiger partial charge in [0, 0.05) is 19.5 Å². The second-order valence-electron chi connectivity index (χ2n) is 7.08. The first kappa shape index (κ1) is 21.2. The molecule has 8 nitrogen and oxygen atoms in total. The summed E-state index contributed by atoms with van der Waals surface area (Å²) in [6.07, 6.45) is -0.703. The molecule has 8 heteroatoms. The van der Waals surface area contributed by atoms with Gasteiger partial charge in [-0.2, -0.15) is 0 Å². The maximum Gasteiger partial charge on any atom is 0.279 e. The summed E-state index contributed by atoms with van der Waals surface area (Å²) < 4.78 is 10.6. The van der Waals surface area contributed by atoms with Crippen LogP contribution in [0.25, 0.3) is 0 Å². The normalized spacial score (nSPS) is 16.7.